The number of esters is 1. The van der Waals surface area contributed by atoms with Crippen molar-refractivity contribution in [3.05, 3.63) is 59.7 Å². The Morgan fingerprint density at radius 1 is 1.11 bits per heavy atom. The summed E-state index contributed by atoms with van der Waals surface area (Å²) in [4.78, 5) is 26.0. The van der Waals surface area contributed by atoms with Crippen molar-refractivity contribution in [2.45, 2.75) is 0 Å². The lowest BCUT2D eigenvalue weighted by atomic mass is 10.3. The lowest BCUT2D eigenvalue weighted by molar-refractivity contribution is 0.0689. The van der Waals surface area contributed by atoms with Gasteiger partial charge in [0.15, 0.2) is 0 Å². The summed E-state index contributed by atoms with van der Waals surface area (Å²) in [5, 5.41) is 8.75. The molecule has 5 nitrogen and oxygen atoms in total. The molecule has 2 aromatic rings. The standard InChI is InChI=1S/C13H8FNO4/c14-8-3-1-4-9(7-8)19-13(18)11-6-2-5-10(15-11)12(16)17/h1-7H,(H,16,17). The number of rotatable bonds is 3. The molecule has 0 spiro atoms. The van der Waals surface area contributed by atoms with E-state index in [0.29, 0.717) is 0 Å². The molecule has 6 heteroatoms. The molecule has 0 bridgehead atoms. The highest BCUT2D eigenvalue weighted by atomic mass is 19.1. The number of aromatic carboxylic acids is 1. The average Bonchev–Trinajstić information content (AvgIpc) is 2.39. The van der Waals surface area contributed by atoms with Crippen molar-refractivity contribution in [2.24, 2.45) is 0 Å². The normalized spacial score (nSPS) is 9.95. The van der Waals surface area contributed by atoms with Crippen LogP contribution in [-0.2, 0) is 0 Å². The fraction of sp³-hybridized carbons (Fsp3) is 0. The van der Waals surface area contributed by atoms with Gasteiger partial charge in [0.25, 0.3) is 0 Å². The number of benzene rings is 1. The summed E-state index contributed by atoms with van der Waals surface area (Å²) in [6, 6.07) is 8.98. The van der Waals surface area contributed by atoms with Crippen LogP contribution in [0.2, 0.25) is 0 Å². The Hall–Kier alpha value is -2.76. The fourth-order valence-electron chi connectivity index (χ4n) is 1.36. The van der Waals surface area contributed by atoms with Gasteiger partial charge in [0.05, 0.1) is 0 Å². The second-order valence-electron chi connectivity index (χ2n) is 3.56. The molecule has 0 amide bonds. The Morgan fingerprint density at radius 3 is 2.47 bits per heavy atom. The summed E-state index contributed by atoms with van der Waals surface area (Å²) in [6.07, 6.45) is 0. The Morgan fingerprint density at radius 2 is 1.79 bits per heavy atom. The summed E-state index contributed by atoms with van der Waals surface area (Å²) in [6.45, 7) is 0. The molecule has 0 saturated carbocycles. The van der Waals surface area contributed by atoms with Crippen LogP contribution in [-0.4, -0.2) is 22.0 Å². The highest BCUT2D eigenvalue weighted by Crippen LogP contribution is 2.13. The first-order chi connectivity index (χ1) is 9.06. The van der Waals surface area contributed by atoms with Crippen LogP contribution in [0.15, 0.2) is 42.5 Å². The van der Waals surface area contributed by atoms with E-state index in [9.17, 15) is 14.0 Å². The van der Waals surface area contributed by atoms with Crippen LogP contribution in [0.5, 0.6) is 5.75 Å². The summed E-state index contributed by atoms with van der Waals surface area (Å²) in [7, 11) is 0. The average molecular weight is 261 g/mol. The second-order valence-corrected chi connectivity index (χ2v) is 3.56. The molecule has 1 N–H and O–H groups in total. The Balaban J connectivity index is 2.20. The predicted molar refractivity (Wildman–Crippen MR) is 62.6 cm³/mol. The highest BCUT2D eigenvalue weighted by Gasteiger charge is 2.13. The van der Waals surface area contributed by atoms with E-state index in [4.69, 9.17) is 9.84 Å². The van der Waals surface area contributed by atoms with Gasteiger partial charge in [-0.15, -0.1) is 0 Å². The zero-order chi connectivity index (χ0) is 13.8. The molecule has 0 atom stereocenters. The molecule has 96 valence electrons. The summed E-state index contributed by atoms with van der Waals surface area (Å²) < 4.78 is 17.8. The summed E-state index contributed by atoms with van der Waals surface area (Å²) in [5.74, 6) is -2.63. The van der Waals surface area contributed by atoms with Crippen LogP contribution in [0.3, 0.4) is 0 Å². The maximum absolute atomic E-state index is 12.9. The van der Waals surface area contributed by atoms with E-state index in [1.54, 1.807) is 0 Å². The van der Waals surface area contributed by atoms with Gasteiger partial charge in [-0.3, -0.25) is 0 Å². The zero-order valence-electron chi connectivity index (χ0n) is 9.54. The minimum Gasteiger partial charge on any atom is -0.477 e. The number of carboxylic acid groups (broad SMARTS) is 1. The van der Waals surface area contributed by atoms with Gasteiger partial charge >= 0.3 is 11.9 Å². The number of carboxylic acids is 1. The van der Waals surface area contributed by atoms with Gasteiger partial charge in [0.1, 0.15) is 23.0 Å². The van der Waals surface area contributed by atoms with E-state index in [2.05, 4.69) is 4.98 Å². The highest BCUT2D eigenvalue weighted by molar-refractivity contribution is 5.91. The number of nitrogens with zero attached hydrogens (tertiary/aromatic N) is 1. The third-order valence-corrected chi connectivity index (χ3v) is 2.18. The number of hydrogen-bond acceptors (Lipinski definition) is 4. The topological polar surface area (TPSA) is 76.5 Å². The van der Waals surface area contributed by atoms with Crippen LogP contribution in [0.25, 0.3) is 0 Å². The lowest BCUT2D eigenvalue weighted by Gasteiger charge is -2.04. The number of carbonyl (C=O) groups is 2. The van der Waals surface area contributed by atoms with Crippen LogP contribution in [0.4, 0.5) is 4.39 Å². The Bertz CT molecular complexity index is 642. The van der Waals surface area contributed by atoms with Crippen molar-refractivity contribution >= 4 is 11.9 Å². The van der Waals surface area contributed by atoms with Crippen molar-refractivity contribution < 1.29 is 23.8 Å². The smallest absolute Gasteiger partial charge is 0.362 e. The first-order valence-corrected chi connectivity index (χ1v) is 5.24. The second kappa shape index (κ2) is 5.26. The molecule has 2 rings (SSSR count). The van der Waals surface area contributed by atoms with Gasteiger partial charge in [-0.05, 0) is 24.3 Å². The van der Waals surface area contributed by atoms with Gasteiger partial charge in [0, 0.05) is 6.07 Å². The Kier molecular flexibility index (Phi) is 3.51. The molecule has 0 aliphatic rings. The number of halogens is 1. The lowest BCUT2D eigenvalue weighted by Crippen LogP contribution is -2.13. The first kappa shape index (κ1) is 12.7. The maximum atomic E-state index is 12.9. The monoisotopic (exact) mass is 261 g/mol. The van der Waals surface area contributed by atoms with E-state index >= 15 is 0 Å². The molecule has 0 aliphatic heterocycles. The van der Waals surface area contributed by atoms with Crippen molar-refractivity contribution in [3.63, 3.8) is 0 Å². The van der Waals surface area contributed by atoms with Crippen LogP contribution >= 0.6 is 0 Å². The molecule has 0 saturated heterocycles. The first-order valence-electron chi connectivity index (χ1n) is 5.24. The van der Waals surface area contributed by atoms with Gasteiger partial charge in [-0.25, -0.2) is 19.0 Å². The van der Waals surface area contributed by atoms with Gasteiger partial charge in [-0.1, -0.05) is 12.1 Å². The molecular formula is C13H8FNO4. The van der Waals surface area contributed by atoms with Crippen molar-refractivity contribution in [3.8, 4) is 5.75 Å². The fourth-order valence-corrected chi connectivity index (χ4v) is 1.36. The van der Waals surface area contributed by atoms with Crippen molar-refractivity contribution in [1.82, 2.24) is 4.98 Å². The number of hydrogen-bond donors (Lipinski definition) is 1. The summed E-state index contributed by atoms with van der Waals surface area (Å²) in [5.41, 5.74) is -0.433. The predicted octanol–water partition coefficient (Wildman–Crippen LogP) is 2.14. The third-order valence-electron chi connectivity index (χ3n) is 2.18. The van der Waals surface area contributed by atoms with Gasteiger partial charge < -0.3 is 9.84 Å². The van der Waals surface area contributed by atoms with Gasteiger partial charge in [0.2, 0.25) is 0 Å². The zero-order valence-corrected chi connectivity index (χ0v) is 9.54. The van der Waals surface area contributed by atoms with Crippen LogP contribution in [0, 0.1) is 5.82 Å². The van der Waals surface area contributed by atoms with E-state index in [1.807, 2.05) is 0 Å². The molecule has 1 heterocycles. The molecule has 0 unspecified atom stereocenters. The Labute approximate surface area is 107 Å². The summed E-state index contributed by atoms with van der Waals surface area (Å²) >= 11 is 0. The quantitative estimate of drug-likeness (QED) is 0.676. The molecule has 0 fully saturated rings. The van der Waals surface area contributed by atoms with Crippen molar-refractivity contribution in [1.29, 1.82) is 0 Å². The number of aromatic nitrogens is 1. The van der Waals surface area contributed by atoms with E-state index < -0.39 is 17.8 Å². The molecule has 19 heavy (non-hydrogen) atoms. The van der Waals surface area contributed by atoms with Gasteiger partial charge in [-0.2, -0.15) is 0 Å². The van der Waals surface area contributed by atoms with Crippen molar-refractivity contribution in [2.75, 3.05) is 0 Å². The molecular weight excluding hydrogens is 253 g/mol. The number of carbonyl (C=O) groups excluding carboxylic acids is 1. The number of pyridine rings is 1. The largest absolute Gasteiger partial charge is 0.477 e. The van der Waals surface area contributed by atoms with Crippen LogP contribution in [0.1, 0.15) is 21.0 Å². The SMILES string of the molecule is O=C(O)c1cccc(C(=O)Oc2cccc(F)c2)n1. The van der Waals surface area contributed by atoms with Crippen LogP contribution < -0.4 is 4.74 Å². The van der Waals surface area contributed by atoms with E-state index in [0.717, 1.165) is 6.07 Å². The molecule has 1 aromatic heterocycles. The molecule has 0 radical (unpaired) electrons. The minimum atomic E-state index is -1.25. The molecule has 1 aromatic carbocycles. The minimum absolute atomic E-state index is 0.0209. The van der Waals surface area contributed by atoms with E-state index in [1.165, 1.54) is 36.4 Å². The third kappa shape index (κ3) is 3.12. The maximum Gasteiger partial charge on any atom is 0.362 e. The molecule has 0 aliphatic carbocycles. The van der Waals surface area contributed by atoms with E-state index in [-0.39, 0.29) is 17.1 Å². The number of ether oxygens (including phenoxy) is 1.